The summed E-state index contributed by atoms with van der Waals surface area (Å²) in [6.45, 7) is 7.19. The summed E-state index contributed by atoms with van der Waals surface area (Å²) in [6, 6.07) is 11.6. The molecule has 26 heavy (non-hydrogen) atoms. The molecule has 0 aliphatic heterocycles. The number of hydrogen-bond donors (Lipinski definition) is 1. The van der Waals surface area contributed by atoms with E-state index in [0.29, 0.717) is 12.6 Å². The fourth-order valence-corrected chi connectivity index (χ4v) is 3.24. The Bertz CT molecular complexity index is 757. The van der Waals surface area contributed by atoms with Gasteiger partial charge in [-0.2, -0.15) is 0 Å². The summed E-state index contributed by atoms with van der Waals surface area (Å²) in [5.41, 5.74) is 12.1. The van der Waals surface area contributed by atoms with Crippen LogP contribution in [0.2, 0.25) is 0 Å². The quantitative estimate of drug-likeness (QED) is 0.568. The zero-order valence-corrected chi connectivity index (χ0v) is 16.2. The van der Waals surface area contributed by atoms with Crippen molar-refractivity contribution in [3.63, 3.8) is 0 Å². The van der Waals surface area contributed by atoms with E-state index in [9.17, 15) is 10.1 Å². The van der Waals surface area contributed by atoms with Gasteiger partial charge in [0.15, 0.2) is 0 Å². The summed E-state index contributed by atoms with van der Waals surface area (Å²) in [4.78, 5) is 12.8. The Morgan fingerprint density at radius 1 is 1.19 bits per heavy atom. The molecule has 5 nitrogen and oxygen atoms in total. The maximum atomic E-state index is 10.8. The molecule has 0 bridgehead atoms. The normalized spacial score (nSPS) is 12.0. The number of nitro groups is 1. The first-order valence-electron chi connectivity index (χ1n) is 9.16. The maximum absolute atomic E-state index is 10.8. The van der Waals surface area contributed by atoms with Gasteiger partial charge >= 0.3 is 0 Å². The van der Waals surface area contributed by atoms with Gasteiger partial charge in [-0.05, 0) is 68.0 Å². The second-order valence-electron chi connectivity index (χ2n) is 6.85. The van der Waals surface area contributed by atoms with E-state index in [1.165, 1.54) is 22.4 Å². The number of nitrogens with two attached hydrogens (primary N) is 1. The number of non-ortho nitro benzene ring substituents is 1. The lowest BCUT2D eigenvalue weighted by Gasteiger charge is -2.30. The predicted octanol–water partition coefficient (Wildman–Crippen LogP) is 4.23. The van der Waals surface area contributed by atoms with Gasteiger partial charge in [0.05, 0.1) is 4.92 Å². The standard InChI is InChI=1S/C21H29N3O2/c1-5-15(2)23(4)21-11-8-18(16(3)20(21)12-13-22)14-17-6-9-19(10-7-17)24(25)26/h6-11,15H,5,12-14,22H2,1-4H3. The van der Waals surface area contributed by atoms with Crippen LogP contribution in [0, 0.1) is 17.0 Å². The molecule has 0 spiro atoms. The summed E-state index contributed by atoms with van der Waals surface area (Å²) >= 11 is 0. The molecule has 1 unspecified atom stereocenters. The second kappa shape index (κ2) is 8.81. The molecule has 2 aromatic rings. The first-order chi connectivity index (χ1) is 12.4. The van der Waals surface area contributed by atoms with Crippen LogP contribution in [0.1, 0.15) is 42.5 Å². The zero-order chi connectivity index (χ0) is 19.3. The topological polar surface area (TPSA) is 72.4 Å². The zero-order valence-electron chi connectivity index (χ0n) is 16.2. The van der Waals surface area contributed by atoms with E-state index in [1.54, 1.807) is 12.1 Å². The Kier molecular flexibility index (Phi) is 6.75. The lowest BCUT2D eigenvalue weighted by Crippen LogP contribution is -2.29. The third-order valence-corrected chi connectivity index (χ3v) is 5.25. The van der Waals surface area contributed by atoms with E-state index in [1.807, 2.05) is 12.1 Å². The molecule has 2 aromatic carbocycles. The number of benzene rings is 2. The Balaban J connectivity index is 2.35. The number of nitro benzene ring substituents is 1. The van der Waals surface area contributed by atoms with Crippen molar-refractivity contribution in [2.75, 3.05) is 18.5 Å². The minimum atomic E-state index is -0.367. The van der Waals surface area contributed by atoms with Gasteiger partial charge in [0.2, 0.25) is 0 Å². The van der Waals surface area contributed by atoms with Crippen molar-refractivity contribution in [2.24, 2.45) is 5.73 Å². The van der Waals surface area contributed by atoms with E-state index in [4.69, 9.17) is 5.73 Å². The maximum Gasteiger partial charge on any atom is 0.269 e. The number of anilines is 1. The van der Waals surface area contributed by atoms with Crippen LogP contribution in [-0.2, 0) is 12.8 Å². The van der Waals surface area contributed by atoms with Crippen LogP contribution in [0.5, 0.6) is 0 Å². The molecule has 0 aliphatic rings. The highest BCUT2D eigenvalue weighted by Crippen LogP contribution is 2.29. The van der Waals surface area contributed by atoms with Gasteiger partial charge in [0.1, 0.15) is 0 Å². The lowest BCUT2D eigenvalue weighted by molar-refractivity contribution is -0.384. The van der Waals surface area contributed by atoms with Crippen molar-refractivity contribution in [1.82, 2.24) is 0 Å². The average molecular weight is 355 g/mol. The van der Waals surface area contributed by atoms with E-state index in [0.717, 1.165) is 24.8 Å². The van der Waals surface area contributed by atoms with Crippen molar-refractivity contribution in [3.05, 3.63) is 68.8 Å². The van der Waals surface area contributed by atoms with E-state index >= 15 is 0 Å². The summed E-state index contributed by atoms with van der Waals surface area (Å²) in [5, 5.41) is 10.8. The van der Waals surface area contributed by atoms with Gasteiger partial charge in [-0.15, -0.1) is 0 Å². The van der Waals surface area contributed by atoms with Gasteiger partial charge in [-0.1, -0.05) is 25.1 Å². The van der Waals surface area contributed by atoms with E-state index in [-0.39, 0.29) is 10.6 Å². The molecule has 0 amide bonds. The second-order valence-corrected chi connectivity index (χ2v) is 6.85. The smallest absolute Gasteiger partial charge is 0.269 e. The van der Waals surface area contributed by atoms with Crippen LogP contribution in [0.4, 0.5) is 11.4 Å². The molecule has 5 heteroatoms. The molecule has 140 valence electrons. The van der Waals surface area contributed by atoms with Gasteiger partial charge < -0.3 is 10.6 Å². The summed E-state index contributed by atoms with van der Waals surface area (Å²) in [5.74, 6) is 0. The van der Waals surface area contributed by atoms with Crippen LogP contribution in [-0.4, -0.2) is 24.6 Å². The molecule has 0 heterocycles. The molecule has 0 aliphatic carbocycles. The molecule has 0 fully saturated rings. The number of nitrogens with zero attached hydrogens (tertiary/aromatic N) is 2. The van der Waals surface area contributed by atoms with Gasteiger partial charge in [-0.25, -0.2) is 0 Å². The molecule has 1 atom stereocenters. The van der Waals surface area contributed by atoms with Crippen LogP contribution in [0.15, 0.2) is 36.4 Å². The highest BCUT2D eigenvalue weighted by atomic mass is 16.6. The molecule has 0 aromatic heterocycles. The number of hydrogen-bond acceptors (Lipinski definition) is 4. The van der Waals surface area contributed by atoms with Crippen molar-refractivity contribution in [1.29, 1.82) is 0 Å². The van der Waals surface area contributed by atoms with Gasteiger partial charge in [-0.3, -0.25) is 10.1 Å². The third-order valence-electron chi connectivity index (χ3n) is 5.25. The van der Waals surface area contributed by atoms with Gasteiger partial charge in [0.25, 0.3) is 5.69 Å². The SMILES string of the molecule is CCC(C)N(C)c1ccc(Cc2ccc([N+](=O)[O-])cc2)c(C)c1CCN. The monoisotopic (exact) mass is 355 g/mol. The molecular weight excluding hydrogens is 326 g/mol. The summed E-state index contributed by atoms with van der Waals surface area (Å²) in [6.07, 6.45) is 2.69. The van der Waals surface area contributed by atoms with Crippen molar-refractivity contribution >= 4 is 11.4 Å². The third kappa shape index (κ3) is 4.41. The highest BCUT2D eigenvalue weighted by molar-refractivity contribution is 5.59. The van der Waals surface area contributed by atoms with Crippen LogP contribution < -0.4 is 10.6 Å². The van der Waals surface area contributed by atoms with Crippen molar-refractivity contribution < 1.29 is 4.92 Å². The first kappa shape index (κ1) is 19.9. The largest absolute Gasteiger partial charge is 0.372 e. The predicted molar refractivity (Wildman–Crippen MR) is 108 cm³/mol. The molecule has 2 rings (SSSR count). The van der Waals surface area contributed by atoms with Crippen LogP contribution >= 0.6 is 0 Å². The average Bonchev–Trinajstić information content (AvgIpc) is 2.64. The van der Waals surface area contributed by atoms with E-state index < -0.39 is 0 Å². The number of rotatable bonds is 8. The Hall–Kier alpha value is -2.40. The molecule has 0 radical (unpaired) electrons. The molecule has 0 saturated carbocycles. The fourth-order valence-electron chi connectivity index (χ4n) is 3.24. The van der Waals surface area contributed by atoms with Crippen molar-refractivity contribution in [2.45, 2.75) is 46.1 Å². The highest BCUT2D eigenvalue weighted by Gasteiger charge is 2.16. The van der Waals surface area contributed by atoms with E-state index in [2.05, 4.69) is 44.9 Å². The lowest BCUT2D eigenvalue weighted by atomic mass is 9.93. The van der Waals surface area contributed by atoms with Gasteiger partial charge in [0, 0.05) is 30.9 Å². The minimum Gasteiger partial charge on any atom is -0.372 e. The molecule has 0 saturated heterocycles. The Labute approximate surface area is 156 Å². The summed E-state index contributed by atoms with van der Waals surface area (Å²) < 4.78 is 0. The Morgan fingerprint density at radius 2 is 1.85 bits per heavy atom. The minimum absolute atomic E-state index is 0.125. The molecule has 2 N–H and O–H groups in total. The summed E-state index contributed by atoms with van der Waals surface area (Å²) in [7, 11) is 2.14. The fraction of sp³-hybridized carbons (Fsp3) is 0.429. The van der Waals surface area contributed by atoms with Crippen LogP contribution in [0.25, 0.3) is 0 Å². The van der Waals surface area contributed by atoms with Crippen LogP contribution in [0.3, 0.4) is 0 Å². The van der Waals surface area contributed by atoms with Crippen molar-refractivity contribution in [3.8, 4) is 0 Å². The first-order valence-corrected chi connectivity index (χ1v) is 9.16. The molecular formula is C21H29N3O2. The Morgan fingerprint density at radius 3 is 2.38 bits per heavy atom.